The van der Waals surface area contributed by atoms with Gasteiger partial charge < -0.3 is 14.8 Å². The molecule has 0 saturated carbocycles. The number of carbonyl (C=O) groups is 2. The first-order valence-corrected chi connectivity index (χ1v) is 15.2. The van der Waals surface area contributed by atoms with E-state index in [2.05, 4.69) is 21.9 Å². The van der Waals surface area contributed by atoms with Crippen LogP contribution in [-0.4, -0.2) is 36.8 Å². The fourth-order valence-electron chi connectivity index (χ4n) is 4.32. The summed E-state index contributed by atoms with van der Waals surface area (Å²) in [6.07, 6.45) is 3.36. The van der Waals surface area contributed by atoms with Crippen molar-refractivity contribution < 1.29 is 27.5 Å². The van der Waals surface area contributed by atoms with Crippen LogP contribution < -0.4 is 14.8 Å². The van der Waals surface area contributed by atoms with E-state index in [4.69, 9.17) is 9.47 Å². The average Bonchev–Trinajstić information content (AvgIpc) is 3.36. The van der Waals surface area contributed by atoms with Crippen molar-refractivity contribution in [2.45, 2.75) is 51.1 Å². The Morgan fingerprint density at radius 2 is 1.62 bits per heavy atom. The van der Waals surface area contributed by atoms with E-state index in [-0.39, 0.29) is 23.9 Å². The third-order valence-electron chi connectivity index (χ3n) is 6.41. The van der Waals surface area contributed by atoms with Crippen LogP contribution >= 0.6 is 0 Å². The molecule has 0 atom stereocenters. The maximum atomic E-state index is 13.2. The molecule has 220 valence electrons. The number of aromatic nitrogens is 2. The average molecular weight is 591 g/mol. The van der Waals surface area contributed by atoms with Gasteiger partial charge in [-0.25, -0.2) is 27.7 Å². The topological polar surface area (TPSA) is 129 Å². The third kappa shape index (κ3) is 7.97. The number of nitrogens with one attached hydrogen (secondary N) is 2. The number of benzene rings is 3. The van der Waals surface area contributed by atoms with E-state index < -0.39 is 22.2 Å². The summed E-state index contributed by atoms with van der Waals surface area (Å²) in [5.74, 6) is 1.07. The molecule has 2 N–H and O–H groups in total. The minimum atomic E-state index is -4.17. The molecule has 42 heavy (non-hydrogen) atoms. The molecule has 11 heteroatoms. The number of unbranched alkanes of at least 4 members (excludes halogenated alkanes) is 1. The largest absolute Gasteiger partial charge is 0.515 e. The van der Waals surface area contributed by atoms with Crippen molar-refractivity contribution in [2.24, 2.45) is 0 Å². The highest BCUT2D eigenvalue weighted by molar-refractivity contribution is 7.90. The van der Waals surface area contributed by atoms with E-state index in [9.17, 15) is 18.0 Å². The Morgan fingerprint density at radius 3 is 2.33 bits per heavy atom. The molecule has 10 nitrogen and oxygen atoms in total. The number of aryl methyl sites for hydroxylation is 1. The molecule has 0 radical (unpaired) electrons. The Hall–Kier alpha value is -4.64. The highest BCUT2D eigenvalue weighted by Gasteiger charge is 2.22. The molecule has 0 aliphatic carbocycles. The highest BCUT2D eigenvalue weighted by atomic mass is 32.2. The number of amides is 2. The molecule has 4 rings (SSSR count). The first-order chi connectivity index (χ1) is 20.3. The first kappa shape index (κ1) is 30.3. The molecule has 2 amide bonds. The maximum absolute atomic E-state index is 13.2. The minimum absolute atomic E-state index is 0.0193. The third-order valence-corrected chi connectivity index (χ3v) is 7.80. The fraction of sp³-hybridized carbons (Fsp3) is 0.258. The van der Waals surface area contributed by atoms with Crippen LogP contribution in [0.3, 0.4) is 0 Å². The van der Waals surface area contributed by atoms with Crippen LogP contribution in [-0.2, 0) is 34.3 Å². The number of carbonyl (C=O) groups excluding carboxylic acids is 2. The molecule has 0 bridgehead atoms. The Balaban J connectivity index is 1.51. The number of sulfonamides is 1. The number of urea groups is 1. The maximum Gasteiger partial charge on any atom is 0.515 e. The summed E-state index contributed by atoms with van der Waals surface area (Å²) in [6, 6.07) is 22.3. The van der Waals surface area contributed by atoms with Crippen LogP contribution in [0.5, 0.6) is 5.88 Å². The van der Waals surface area contributed by atoms with Crippen molar-refractivity contribution in [2.75, 3.05) is 6.61 Å². The summed E-state index contributed by atoms with van der Waals surface area (Å²) in [4.78, 5) is 28.8. The van der Waals surface area contributed by atoms with E-state index in [1.54, 1.807) is 25.1 Å². The van der Waals surface area contributed by atoms with Crippen molar-refractivity contribution >= 4 is 22.2 Å². The number of imidazole rings is 1. The Morgan fingerprint density at radius 1 is 0.905 bits per heavy atom. The molecule has 4 aromatic rings. The van der Waals surface area contributed by atoms with Gasteiger partial charge in [-0.3, -0.25) is 4.57 Å². The molecule has 1 aromatic heterocycles. The zero-order chi connectivity index (χ0) is 30.0. The predicted octanol–water partition coefficient (Wildman–Crippen LogP) is 5.66. The summed E-state index contributed by atoms with van der Waals surface area (Å²) >= 11 is 0. The normalized spacial score (nSPS) is 11.1. The van der Waals surface area contributed by atoms with Gasteiger partial charge in [0.1, 0.15) is 5.82 Å². The van der Waals surface area contributed by atoms with Crippen molar-refractivity contribution in [3.63, 3.8) is 0 Å². The summed E-state index contributed by atoms with van der Waals surface area (Å²) in [5.41, 5.74) is 2.84. The van der Waals surface area contributed by atoms with Crippen LogP contribution in [0, 0.1) is 0 Å². The molecule has 1 heterocycles. The van der Waals surface area contributed by atoms with E-state index in [1.165, 1.54) is 12.3 Å². The number of nitrogens with zero attached hydrogens (tertiary/aromatic N) is 2. The van der Waals surface area contributed by atoms with Crippen molar-refractivity contribution in [1.29, 1.82) is 0 Å². The fourth-order valence-corrected chi connectivity index (χ4v) is 5.48. The van der Waals surface area contributed by atoms with Crippen molar-refractivity contribution in [3.05, 3.63) is 102 Å². The lowest BCUT2D eigenvalue weighted by Gasteiger charge is -2.14. The number of hydrogen-bond acceptors (Lipinski definition) is 7. The summed E-state index contributed by atoms with van der Waals surface area (Å²) in [7, 11) is -4.17. The van der Waals surface area contributed by atoms with Gasteiger partial charge in [-0.1, -0.05) is 86.1 Å². The van der Waals surface area contributed by atoms with Crippen molar-refractivity contribution in [1.82, 2.24) is 19.6 Å². The second kappa shape index (κ2) is 14.3. The standard InChI is InChI=1S/C31H34N4O6S/c1-3-5-15-28-32-21-29(41-31(37)40-4-2)35(28)22-24-16-18-25(19-17-24)26-13-9-10-14-27(26)42(38,39)34-30(36)33-20-23-11-7-6-8-12-23/h6-14,16-19,21H,3-5,15,20,22H2,1-2H3,(H2,33,34,36). The van der Waals surface area contributed by atoms with Gasteiger partial charge in [-0.15, -0.1) is 0 Å². The molecular weight excluding hydrogens is 556 g/mol. The van der Waals surface area contributed by atoms with Gasteiger partial charge in [-0.2, -0.15) is 0 Å². The SMILES string of the molecule is CCCCc1ncc(OC(=O)OCC)n1Cc1ccc(-c2ccccc2S(=O)(=O)NC(=O)NCc2ccccc2)cc1. The van der Waals surface area contributed by atoms with Gasteiger partial charge in [0, 0.05) is 18.5 Å². The lowest BCUT2D eigenvalue weighted by molar-refractivity contribution is 0.101. The van der Waals surface area contributed by atoms with Crippen LogP contribution in [0.2, 0.25) is 0 Å². The van der Waals surface area contributed by atoms with Gasteiger partial charge in [0.05, 0.1) is 24.2 Å². The smallest absolute Gasteiger partial charge is 0.434 e. The van der Waals surface area contributed by atoms with Crippen LogP contribution in [0.1, 0.15) is 43.6 Å². The second-order valence-electron chi connectivity index (χ2n) is 9.45. The van der Waals surface area contributed by atoms with Gasteiger partial charge >= 0.3 is 12.2 Å². The quantitative estimate of drug-likeness (QED) is 0.204. The molecular formula is C31H34N4O6S. The summed E-state index contributed by atoms with van der Waals surface area (Å²) < 4.78 is 40.6. The first-order valence-electron chi connectivity index (χ1n) is 13.7. The van der Waals surface area contributed by atoms with E-state index in [0.717, 1.165) is 36.2 Å². The monoisotopic (exact) mass is 590 g/mol. The summed E-state index contributed by atoms with van der Waals surface area (Å²) in [6.45, 7) is 4.56. The molecule has 0 saturated heterocycles. The van der Waals surface area contributed by atoms with Gasteiger partial charge in [0.15, 0.2) is 0 Å². The highest BCUT2D eigenvalue weighted by Crippen LogP contribution is 2.28. The molecule has 3 aromatic carbocycles. The van der Waals surface area contributed by atoms with Gasteiger partial charge in [-0.05, 0) is 36.1 Å². The van der Waals surface area contributed by atoms with Crippen LogP contribution in [0.4, 0.5) is 9.59 Å². The van der Waals surface area contributed by atoms with E-state index >= 15 is 0 Å². The predicted molar refractivity (Wildman–Crippen MR) is 158 cm³/mol. The Labute approximate surface area is 245 Å². The molecule has 0 aliphatic rings. The van der Waals surface area contributed by atoms with Gasteiger partial charge in [0.2, 0.25) is 5.88 Å². The van der Waals surface area contributed by atoms with E-state index in [1.807, 2.05) is 59.2 Å². The lowest BCUT2D eigenvalue weighted by atomic mass is 10.0. The minimum Gasteiger partial charge on any atom is -0.434 e. The van der Waals surface area contributed by atoms with E-state index in [0.29, 0.717) is 17.7 Å². The zero-order valence-corrected chi connectivity index (χ0v) is 24.4. The number of hydrogen-bond donors (Lipinski definition) is 2. The molecule has 0 aliphatic heterocycles. The van der Waals surface area contributed by atoms with Crippen LogP contribution in [0.25, 0.3) is 11.1 Å². The lowest BCUT2D eigenvalue weighted by Crippen LogP contribution is -2.39. The number of rotatable bonds is 12. The molecule has 0 unspecified atom stereocenters. The second-order valence-corrected chi connectivity index (χ2v) is 11.1. The van der Waals surface area contributed by atoms with Crippen molar-refractivity contribution in [3.8, 4) is 17.0 Å². The zero-order valence-electron chi connectivity index (χ0n) is 23.6. The summed E-state index contributed by atoms with van der Waals surface area (Å²) in [5, 5.41) is 2.58. The molecule has 0 fully saturated rings. The Kier molecular flexibility index (Phi) is 10.3. The number of ether oxygens (including phenoxy) is 2. The van der Waals surface area contributed by atoms with Crippen LogP contribution in [0.15, 0.2) is 90.0 Å². The molecule has 0 spiro atoms. The van der Waals surface area contributed by atoms with Gasteiger partial charge in [0.25, 0.3) is 10.0 Å². The Bertz CT molecular complexity index is 1600.